The van der Waals surface area contributed by atoms with Gasteiger partial charge in [0.05, 0.1) is 118 Å². The second kappa shape index (κ2) is 58.8. The summed E-state index contributed by atoms with van der Waals surface area (Å²) in [6, 6.07) is 23.6. The largest absolute Gasteiger partial charge is 0.394 e. The number of hydrogen-bond acceptors (Lipinski definition) is 29. The number of hydrogen-bond donors (Lipinski definition) is 25. The number of nitrogens with two attached hydrogens (primary N) is 4. The first kappa shape index (κ1) is 117. The van der Waals surface area contributed by atoms with Gasteiger partial charge in [0.25, 0.3) is 11.8 Å². The highest BCUT2D eigenvalue weighted by atomic mass is 32.1. The van der Waals surface area contributed by atoms with Gasteiger partial charge in [-0.05, 0) is 162 Å². The number of anilines is 4. The smallest absolute Gasteiger partial charge is 0.363 e. The van der Waals surface area contributed by atoms with Crippen LogP contribution in [0, 0.1) is 0 Å². The Morgan fingerprint density at radius 2 is 0.565 bits per heavy atom. The van der Waals surface area contributed by atoms with Gasteiger partial charge in [-0.25, -0.2) is 8.83 Å². The third kappa shape index (κ3) is 35.1. The van der Waals surface area contributed by atoms with Gasteiger partial charge >= 0.3 is 22.3 Å². The lowest BCUT2D eigenvalue weighted by atomic mass is 9.92. The minimum atomic E-state index is -1.79. The maximum absolute atomic E-state index is 14.3. The highest BCUT2D eigenvalue weighted by molar-refractivity contribution is 7.80. The van der Waals surface area contributed by atoms with E-state index in [0.717, 1.165) is 55.4 Å². The fourth-order valence-corrected chi connectivity index (χ4v) is 15.7. The van der Waals surface area contributed by atoms with E-state index in [9.17, 15) is 102 Å². The lowest BCUT2D eigenvalue weighted by Crippen LogP contribution is -2.58. The number of carbonyl (C=O) groups excluding carboxylic acids is 17. The quantitative estimate of drug-likeness (QED) is 0.00768. The minimum Gasteiger partial charge on any atom is -0.394 e. The van der Waals surface area contributed by atoms with E-state index >= 15 is 0 Å². The number of aliphatic hydroxyl groups excluding tert-OH is 4. The van der Waals surface area contributed by atoms with Crippen molar-refractivity contribution in [2.75, 3.05) is 174 Å². The van der Waals surface area contributed by atoms with Crippen molar-refractivity contribution in [3.8, 4) is 22.3 Å². The van der Waals surface area contributed by atoms with Crippen molar-refractivity contribution >= 4 is 180 Å². The number of nitrogens with zero attached hydrogens (tertiary/aromatic N) is 4. The highest BCUT2D eigenvalue weighted by Gasteiger charge is 2.35. The van der Waals surface area contributed by atoms with Crippen LogP contribution in [0.25, 0.3) is 66.1 Å². The number of thiol groups is 1. The summed E-state index contributed by atoms with van der Waals surface area (Å²) in [5.74, 6) is -15.8. The standard InChI is InChI=1S/C99H134N24O23S/c1-120(2)56-29-33-64-77(41-56)145-78-42-57(121(3)4)30-34-65(78)87(64)60-21-9-11-23-62(60)89(134)104-39-19-15-27-71(114-82(129)46-107-91(136)68(102)55-147)99(144)119-76(54-127)96(141)111-50-86(133)116-73(51-124)93(138)109-49-85(132)113-70(26-14-18-38-101)97(142)118-75(53-126)95(140)110-48-83(130)112-69(25-13-17-37-100)92(137)108-47-84(131)115-72(98(143)117-74(52-125)94(139)106-45-81(103)128)28-16-20-40-105-90(135)63-24-12-10-22-61(63)88-66-35-31-58(122(5)6)43-79(66)146-80-44-59(123(7)8)32-36-67(80)88/h9-12,21-24,29-36,41-44,68-76,124-127H,13-20,25-28,37-40,45-55,100-102H2,1-8H3,(H17-2,103,104,105,106,107,108,109,110,111,112,113,114,115,116,117,118,119,128,129,130,131,132,133,134,135,136,137,138,139,140,141,142,143,144,147)/p+2/t68-,69-,70-,71-,72-,73-,74-,75-,76-/m0/s1. The average molecular weight is 2060 g/mol. The molecule has 28 N–H and O–H groups in total. The predicted octanol–water partition coefficient (Wildman–Crippen LogP) is -3.31. The Balaban J connectivity index is 0.808. The fourth-order valence-electron chi connectivity index (χ4n) is 15.5. The van der Waals surface area contributed by atoms with E-state index in [-0.39, 0.29) is 96.1 Å². The van der Waals surface area contributed by atoms with Crippen molar-refractivity contribution in [2.45, 2.75) is 131 Å². The van der Waals surface area contributed by atoms with Crippen molar-refractivity contribution in [1.82, 2.24) is 85.1 Å². The van der Waals surface area contributed by atoms with Crippen LogP contribution >= 0.6 is 12.6 Å². The van der Waals surface area contributed by atoms with E-state index in [0.29, 0.717) is 57.4 Å². The van der Waals surface area contributed by atoms with Gasteiger partial charge in [0.1, 0.15) is 48.3 Å². The first-order valence-corrected chi connectivity index (χ1v) is 48.5. The number of fused-ring (bicyclic) bond motifs is 4. The molecule has 0 bridgehead atoms. The summed E-state index contributed by atoms with van der Waals surface area (Å²) in [6.07, 6.45) is 1.48. The monoisotopic (exact) mass is 2060 g/mol. The molecule has 0 radical (unpaired) electrons. The van der Waals surface area contributed by atoms with E-state index < -0.39 is 220 Å². The zero-order valence-corrected chi connectivity index (χ0v) is 84.3. The van der Waals surface area contributed by atoms with Crippen molar-refractivity contribution in [3.63, 3.8) is 0 Å². The molecule has 9 atom stereocenters. The molecule has 0 fully saturated rings. The number of aliphatic hydroxyl groups is 4. The maximum Gasteiger partial charge on any atom is 0.363 e. The molecule has 0 spiro atoms. The third-order valence-electron chi connectivity index (χ3n) is 23.6. The van der Waals surface area contributed by atoms with Gasteiger partial charge in [0, 0.05) is 120 Å². The molecule has 0 saturated carbocycles. The Morgan fingerprint density at radius 1 is 0.313 bits per heavy atom. The number of nitrogens with one attached hydrogen (secondary N) is 16. The summed E-state index contributed by atoms with van der Waals surface area (Å²) in [7, 11) is 15.3. The van der Waals surface area contributed by atoms with E-state index in [1.54, 1.807) is 24.3 Å². The fraction of sp³-hybridized carbons (Fsp3) is 0.444. The lowest BCUT2D eigenvalue weighted by molar-refractivity contribution is -0.134. The molecule has 6 aromatic carbocycles. The number of amides is 17. The molecule has 17 amide bonds. The van der Waals surface area contributed by atoms with Crippen LogP contribution in [0.4, 0.5) is 22.7 Å². The van der Waals surface area contributed by atoms with Crippen molar-refractivity contribution in [3.05, 3.63) is 132 Å². The van der Waals surface area contributed by atoms with Gasteiger partial charge < -0.3 is 148 Å². The molecule has 8 aromatic rings. The van der Waals surface area contributed by atoms with Crippen molar-refractivity contribution in [2.24, 2.45) is 22.9 Å². The molecule has 0 aliphatic heterocycles. The van der Waals surface area contributed by atoms with Crippen LogP contribution in [0.3, 0.4) is 0 Å². The van der Waals surface area contributed by atoms with Gasteiger partial charge in [0.2, 0.25) is 88.6 Å². The molecule has 0 saturated heterocycles. The molecule has 0 unspecified atom stereocenters. The van der Waals surface area contributed by atoms with E-state index in [2.05, 4.69) is 97.7 Å². The molecule has 2 aromatic heterocycles. The number of primary amides is 1. The van der Waals surface area contributed by atoms with Crippen LogP contribution in [0.1, 0.15) is 97.8 Å². The number of rotatable bonds is 60. The van der Waals surface area contributed by atoms with Gasteiger partial charge in [0.15, 0.2) is 0 Å². The summed E-state index contributed by atoms with van der Waals surface area (Å²) in [5.41, 5.74) is 31.7. The molecule has 47 nitrogen and oxygen atoms in total. The third-order valence-corrected chi connectivity index (χ3v) is 24.0. The lowest BCUT2D eigenvalue weighted by Gasteiger charge is -2.23. The highest BCUT2D eigenvalue weighted by Crippen LogP contribution is 2.43. The van der Waals surface area contributed by atoms with Crippen LogP contribution < -0.4 is 128 Å². The first-order valence-electron chi connectivity index (χ1n) is 47.9. The van der Waals surface area contributed by atoms with Gasteiger partial charge in [-0.2, -0.15) is 12.6 Å². The Kier molecular flexibility index (Phi) is 46.8. The van der Waals surface area contributed by atoms with Crippen LogP contribution in [0.2, 0.25) is 0 Å². The van der Waals surface area contributed by atoms with Gasteiger partial charge in [-0.3, -0.25) is 81.5 Å². The summed E-state index contributed by atoms with van der Waals surface area (Å²) >= 11 is 4.01. The molecule has 794 valence electrons. The molecule has 0 aliphatic rings. The predicted molar refractivity (Wildman–Crippen MR) is 555 cm³/mol. The van der Waals surface area contributed by atoms with Crippen LogP contribution in [0.5, 0.6) is 0 Å². The molecule has 147 heavy (non-hydrogen) atoms. The molecular weight excluding hydrogens is 1930 g/mol. The zero-order chi connectivity index (χ0) is 108. The summed E-state index contributed by atoms with van der Waals surface area (Å²) in [4.78, 5) is 237. The second-order valence-corrected chi connectivity index (χ2v) is 35.9. The second-order valence-electron chi connectivity index (χ2n) is 35.5. The number of carbonyl (C=O) groups is 17. The number of unbranched alkanes of at least 4 members (excludes halogenated alkanes) is 4. The normalized spacial score (nSPS) is 12.9. The average Bonchev–Trinajstić information content (AvgIpc) is 0.748. The minimum absolute atomic E-state index is 0.0585. The summed E-state index contributed by atoms with van der Waals surface area (Å²) in [6.45, 7) is -8.48. The summed E-state index contributed by atoms with van der Waals surface area (Å²) in [5, 5.41) is 82.6. The van der Waals surface area contributed by atoms with E-state index in [4.69, 9.17) is 31.8 Å². The SMILES string of the molecule is CN(C)c1ccc2c(-c3ccccc3C(=O)NCCCC[C@H](NC(=O)CNC(=O)[C@H](CCCCN)NC(=O)CNC(=O)[C@H](CO)NC(=O)[C@H](CCCCN)NC(=O)CNC(=O)[C@H](CO)NC(=O)CNC(=O)[C@H](CO)NC(=O)[C@H](CCCCNC(=O)c3ccccc3-c3c4ccc(N(C)C)cc4[o+]c4cc(N(C)C)ccc34)NC(=O)CNC(=O)[C@@H](N)CS)C(=O)N[C@@H](CO)C(=O)NCC(N)=O)c3ccc(N(C)C)cc3[o+]c2c1. The Morgan fingerprint density at radius 3 is 0.837 bits per heavy atom. The van der Waals surface area contributed by atoms with Crippen LogP contribution in [0.15, 0.2) is 130 Å². The van der Waals surface area contributed by atoms with E-state index in [1.807, 2.05) is 173 Å². The Bertz CT molecular complexity index is 5880. The maximum atomic E-state index is 14.3. The van der Waals surface area contributed by atoms with Crippen molar-refractivity contribution in [1.29, 1.82) is 0 Å². The molecule has 48 heteroatoms. The van der Waals surface area contributed by atoms with Crippen molar-refractivity contribution < 1.29 is 111 Å². The topological polar surface area (TPSA) is 703 Å². The van der Waals surface area contributed by atoms with Crippen LogP contribution in [-0.2, 0) is 71.9 Å². The van der Waals surface area contributed by atoms with Gasteiger partial charge in [-0.1, -0.05) is 36.4 Å². The molecule has 8 rings (SSSR count). The molecule has 2 heterocycles. The summed E-state index contributed by atoms with van der Waals surface area (Å²) < 4.78 is 13.0. The van der Waals surface area contributed by atoms with E-state index in [1.165, 1.54) is 0 Å². The molecular formula is C99H136N24O23S+2. The Labute approximate surface area is 853 Å². The first-order chi connectivity index (χ1) is 70.3. The number of benzene rings is 6. The van der Waals surface area contributed by atoms with Crippen LogP contribution in [-0.4, -0.2) is 329 Å². The Hall–Kier alpha value is -15.1. The van der Waals surface area contributed by atoms with Gasteiger partial charge in [-0.15, -0.1) is 0 Å². The molecule has 0 aliphatic carbocycles. The zero-order valence-electron chi connectivity index (χ0n) is 83.4.